The first-order valence-corrected chi connectivity index (χ1v) is 15.9. The third-order valence-corrected chi connectivity index (χ3v) is 9.77. The highest BCUT2D eigenvalue weighted by atomic mass is 32.1. The van der Waals surface area contributed by atoms with E-state index in [4.69, 9.17) is 0 Å². The van der Waals surface area contributed by atoms with E-state index in [1.807, 2.05) is 33.4 Å². The van der Waals surface area contributed by atoms with Gasteiger partial charge in [-0.15, -0.1) is 22.7 Å². The fraction of sp³-hybridized carbons (Fsp3) is 0.516. The van der Waals surface area contributed by atoms with Gasteiger partial charge < -0.3 is 9.80 Å². The molecule has 0 radical (unpaired) electrons. The molecule has 2 aromatic heterocycles. The standard InChI is InChI=1S/C31H40N2O3S2/c1-5-9-12-21(7-3)18-32-28(24-14-11-17-37-24)26-27(31(32)36)29(25-16-15-23(20-34)38-25)33(30(26)35)19-22(8-4)13-10-6-2/h11,14-17,20-22H,5-10,12-13,18-19H2,1-4H3. The van der Waals surface area contributed by atoms with E-state index in [0.29, 0.717) is 46.6 Å². The normalized spacial score (nSPS) is 17.2. The largest absolute Gasteiger partial charge is 0.306 e. The average Bonchev–Trinajstić information content (AvgIpc) is 3.72. The van der Waals surface area contributed by atoms with Crippen LogP contribution in [-0.4, -0.2) is 41.0 Å². The van der Waals surface area contributed by atoms with Crippen LogP contribution in [0.25, 0.3) is 11.4 Å². The van der Waals surface area contributed by atoms with Crippen LogP contribution in [0.3, 0.4) is 0 Å². The second-order valence-corrected chi connectivity index (χ2v) is 12.5. The van der Waals surface area contributed by atoms with E-state index < -0.39 is 0 Å². The minimum Gasteiger partial charge on any atom is -0.306 e. The minimum atomic E-state index is -0.0770. The molecule has 204 valence electrons. The molecule has 5 nitrogen and oxygen atoms in total. The van der Waals surface area contributed by atoms with Crippen molar-refractivity contribution in [2.24, 2.45) is 11.8 Å². The van der Waals surface area contributed by atoms with Gasteiger partial charge in [-0.2, -0.15) is 0 Å². The summed E-state index contributed by atoms with van der Waals surface area (Å²) in [7, 11) is 0. The first kappa shape index (κ1) is 28.5. The summed E-state index contributed by atoms with van der Waals surface area (Å²) in [5.74, 6) is 0.582. The van der Waals surface area contributed by atoms with Gasteiger partial charge >= 0.3 is 0 Å². The van der Waals surface area contributed by atoms with Crippen LogP contribution < -0.4 is 0 Å². The zero-order valence-corrected chi connectivity index (χ0v) is 24.8. The number of nitrogens with zero attached hydrogens (tertiary/aromatic N) is 2. The van der Waals surface area contributed by atoms with Crippen molar-refractivity contribution in [2.45, 2.75) is 79.1 Å². The molecule has 2 aliphatic heterocycles. The van der Waals surface area contributed by atoms with E-state index in [0.717, 1.165) is 73.1 Å². The van der Waals surface area contributed by atoms with Crippen LogP contribution in [0.5, 0.6) is 0 Å². The molecule has 7 heteroatoms. The molecule has 2 atom stereocenters. The van der Waals surface area contributed by atoms with Gasteiger partial charge in [-0.1, -0.05) is 72.3 Å². The van der Waals surface area contributed by atoms with Gasteiger partial charge in [0.05, 0.1) is 37.2 Å². The highest BCUT2D eigenvalue weighted by molar-refractivity contribution is 7.14. The molecule has 4 heterocycles. The van der Waals surface area contributed by atoms with Crippen LogP contribution in [0.15, 0.2) is 40.8 Å². The fourth-order valence-corrected chi connectivity index (χ4v) is 7.23. The lowest BCUT2D eigenvalue weighted by molar-refractivity contribution is -0.124. The Morgan fingerprint density at radius 1 is 0.789 bits per heavy atom. The maximum atomic E-state index is 14.3. The van der Waals surface area contributed by atoms with Crippen LogP contribution in [0.1, 0.15) is 98.5 Å². The minimum absolute atomic E-state index is 0.0770. The number of amides is 2. The summed E-state index contributed by atoms with van der Waals surface area (Å²) in [5, 5.41) is 2.01. The lowest BCUT2D eigenvalue weighted by atomic mass is 9.98. The molecule has 0 fully saturated rings. The van der Waals surface area contributed by atoms with Crippen molar-refractivity contribution in [1.29, 1.82) is 0 Å². The fourth-order valence-electron chi connectivity index (χ4n) is 5.56. The molecule has 38 heavy (non-hydrogen) atoms. The Kier molecular flexibility index (Phi) is 9.77. The van der Waals surface area contributed by atoms with Crippen molar-refractivity contribution in [3.63, 3.8) is 0 Å². The van der Waals surface area contributed by atoms with E-state index in [1.54, 1.807) is 17.4 Å². The summed E-state index contributed by atoms with van der Waals surface area (Å²) in [5.41, 5.74) is 2.53. The quantitative estimate of drug-likeness (QED) is 0.211. The van der Waals surface area contributed by atoms with Crippen LogP contribution in [-0.2, 0) is 9.59 Å². The predicted molar refractivity (Wildman–Crippen MR) is 158 cm³/mol. The topological polar surface area (TPSA) is 57.7 Å². The monoisotopic (exact) mass is 552 g/mol. The van der Waals surface area contributed by atoms with Crippen molar-refractivity contribution in [2.75, 3.05) is 13.1 Å². The summed E-state index contributed by atoms with van der Waals surface area (Å²) in [6, 6.07) is 7.68. The molecule has 0 N–H and O–H groups in total. The summed E-state index contributed by atoms with van der Waals surface area (Å²) < 4.78 is 0. The van der Waals surface area contributed by atoms with Crippen molar-refractivity contribution < 1.29 is 14.4 Å². The van der Waals surface area contributed by atoms with Gasteiger partial charge in [0.25, 0.3) is 11.8 Å². The molecule has 2 aromatic rings. The highest BCUT2D eigenvalue weighted by Gasteiger charge is 2.49. The molecule has 2 amide bonds. The number of fused-ring (bicyclic) bond motifs is 1. The van der Waals surface area contributed by atoms with Crippen molar-refractivity contribution >= 4 is 52.2 Å². The zero-order chi connectivity index (χ0) is 27.2. The number of carbonyl (C=O) groups is 3. The van der Waals surface area contributed by atoms with E-state index in [9.17, 15) is 14.4 Å². The number of hydrogen-bond acceptors (Lipinski definition) is 5. The van der Waals surface area contributed by atoms with Crippen LogP contribution in [0.2, 0.25) is 0 Å². The van der Waals surface area contributed by atoms with Crippen molar-refractivity contribution in [3.8, 4) is 0 Å². The van der Waals surface area contributed by atoms with E-state index in [1.165, 1.54) is 11.3 Å². The maximum Gasteiger partial charge on any atom is 0.261 e. The summed E-state index contributed by atoms with van der Waals surface area (Å²) in [4.78, 5) is 46.2. The Morgan fingerprint density at radius 3 is 1.76 bits per heavy atom. The van der Waals surface area contributed by atoms with Gasteiger partial charge in [-0.25, -0.2) is 0 Å². The van der Waals surface area contributed by atoms with Gasteiger partial charge in [0.15, 0.2) is 6.29 Å². The Balaban J connectivity index is 1.85. The number of hydrogen-bond donors (Lipinski definition) is 0. The summed E-state index contributed by atoms with van der Waals surface area (Å²) in [6.07, 6.45) is 9.42. The molecule has 0 aromatic carbocycles. The van der Waals surface area contributed by atoms with E-state index in [-0.39, 0.29) is 11.8 Å². The number of unbranched alkanes of at least 4 members (excludes halogenated alkanes) is 2. The van der Waals surface area contributed by atoms with E-state index in [2.05, 4.69) is 27.7 Å². The molecule has 0 saturated carbocycles. The Morgan fingerprint density at radius 2 is 1.34 bits per heavy atom. The summed E-state index contributed by atoms with van der Waals surface area (Å²) in [6.45, 7) is 9.95. The molecule has 2 unspecified atom stereocenters. The molecular weight excluding hydrogens is 512 g/mol. The van der Waals surface area contributed by atoms with Crippen LogP contribution in [0.4, 0.5) is 0 Å². The van der Waals surface area contributed by atoms with Gasteiger partial charge in [-0.3, -0.25) is 14.4 Å². The molecule has 0 spiro atoms. The Labute approximate surface area is 235 Å². The SMILES string of the molecule is CCCCC(CC)CN1C(=O)C2=C(c3ccc(C=O)s3)N(CC(CC)CCCC)C(=O)C2=C1c1cccs1. The Hall–Kier alpha value is -2.51. The molecule has 0 saturated heterocycles. The molecule has 0 aliphatic carbocycles. The van der Waals surface area contributed by atoms with Gasteiger partial charge in [0, 0.05) is 13.1 Å². The zero-order valence-electron chi connectivity index (χ0n) is 23.1. The van der Waals surface area contributed by atoms with Crippen LogP contribution in [0, 0.1) is 11.8 Å². The Bertz CT molecular complexity index is 1210. The lowest BCUT2D eigenvalue weighted by Gasteiger charge is -2.29. The van der Waals surface area contributed by atoms with Crippen molar-refractivity contribution in [3.05, 3.63) is 55.4 Å². The second-order valence-electron chi connectivity index (χ2n) is 10.4. The average molecular weight is 553 g/mol. The second kappa shape index (κ2) is 13.0. The molecular formula is C31H40N2O3S2. The third kappa shape index (κ3) is 5.59. The number of thiophene rings is 2. The smallest absolute Gasteiger partial charge is 0.261 e. The lowest BCUT2D eigenvalue weighted by Crippen LogP contribution is -2.34. The first-order valence-electron chi connectivity index (χ1n) is 14.2. The third-order valence-electron chi connectivity index (χ3n) is 7.88. The maximum absolute atomic E-state index is 14.3. The number of rotatable bonds is 15. The van der Waals surface area contributed by atoms with Gasteiger partial charge in [-0.05, 0) is 48.3 Å². The molecule has 2 aliphatic rings. The highest BCUT2D eigenvalue weighted by Crippen LogP contribution is 2.49. The molecule has 0 bridgehead atoms. The van der Waals surface area contributed by atoms with E-state index >= 15 is 0 Å². The number of carbonyl (C=O) groups excluding carboxylic acids is 3. The van der Waals surface area contributed by atoms with Gasteiger partial charge in [0.2, 0.25) is 0 Å². The number of aldehydes is 1. The van der Waals surface area contributed by atoms with Crippen LogP contribution >= 0.6 is 22.7 Å². The molecule has 4 rings (SSSR count). The predicted octanol–water partition coefficient (Wildman–Crippen LogP) is 7.86. The van der Waals surface area contributed by atoms with Gasteiger partial charge in [0.1, 0.15) is 0 Å². The summed E-state index contributed by atoms with van der Waals surface area (Å²) >= 11 is 2.93. The first-order chi connectivity index (χ1) is 18.5. The van der Waals surface area contributed by atoms with Crippen molar-refractivity contribution in [1.82, 2.24) is 9.80 Å².